The van der Waals surface area contributed by atoms with E-state index >= 15 is 0 Å². The number of hydrogen-bond donors (Lipinski definition) is 0. The molecule has 0 unspecified atom stereocenters. The minimum Gasteiger partial charge on any atom is -0.496 e. The summed E-state index contributed by atoms with van der Waals surface area (Å²) in [6, 6.07) is 10.8. The van der Waals surface area contributed by atoms with Crippen LogP contribution in [0.3, 0.4) is 0 Å². The Morgan fingerprint density at radius 2 is 1.90 bits per heavy atom. The Morgan fingerprint density at radius 1 is 1.14 bits per heavy atom. The van der Waals surface area contributed by atoms with Gasteiger partial charge in [0, 0.05) is 6.42 Å². The second-order valence-electron chi connectivity index (χ2n) is 4.65. The van der Waals surface area contributed by atoms with Crippen LogP contribution in [0.4, 0.5) is 13.2 Å². The fourth-order valence-corrected chi connectivity index (χ4v) is 2.14. The molecule has 0 atom stereocenters. The van der Waals surface area contributed by atoms with E-state index in [0.29, 0.717) is 17.7 Å². The number of methoxy groups -OCH3 is 1. The molecule has 2 aromatic rings. The maximum atomic E-state index is 12.7. The summed E-state index contributed by atoms with van der Waals surface area (Å²) in [4.78, 5) is 0. The third-order valence-corrected chi connectivity index (χ3v) is 3.19. The summed E-state index contributed by atoms with van der Waals surface area (Å²) in [7, 11) is 1.54. The lowest BCUT2D eigenvalue weighted by molar-refractivity contribution is -0.137. The van der Waals surface area contributed by atoms with Gasteiger partial charge in [-0.1, -0.05) is 36.9 Å². The van der Waals surface area contributed by atoms with Crippen LogP contribution in [0.2, 0.25) is 0 Å². The van der Waals surface area contributed by atoms with E-state index in [1.807, 2.05) is 12.1 Å². The smallest absolute Gasteiger partial charge is 0.416 e. The number of ether oxygens (including phenoxy) is 1. The third-order valence-electron chi connectivity index (χ3n) is 3.19. The van der Waals surface area contributed by atoms with E-state index in [9.17, 15) is 13.2 Å². The van der Waals surface area contributed by atoms with Gasteiger partial charge < -0.3 is 4.74 Å². The minimum atomic E-state index is -4.33. The summed E-state index contributed by atoms with van der Waals surface area (Å²) >= 11 is 0. The van der Waals surface area contributed by atoms with Crippen LogP contribution in [0.1, 0.15) is 22.3 Å². The predicted molar refractivity (Wildman–Crippen MR) is 77.3 cm³/mol. The van der Waals surface area contributed by atoms with Gasteiger partial charge in [0.1, 0.15) is 5.75 Å². The normalized spacial score (nSPS) is 11.2. The van der Waals surface area contributed by atoms with Crippen LogP contribution in [-0.2, 0) is 12.6 Å². The predicted octanol–water partition coefficient (Wildman–Crippen LogP) is 4.95. The fourth-order valence-electron chi connectivity index (χ4n) is 2.14. The third kappa shape index (κ3) is 3.66. The number of alkyl halides is 3. The van der Waals surface area contributed by atoms with Crippen molar-refractivity contribution >= 4 is 6.08 Å². The first-order chi connectivity index (χ1) is 9.94. The van der Waals surface area contributed by atoms with E-state index in [1.54, 1.807) is 25.3 Å². The van der Waals surface area contributed by atoms with Crippen molar-refractivity contribution in [2.75, 3.05) is 7.11 Å². The Hall–Kier alpha value is -2.23. The summed E-state index contributed by atoms with van der Waals surface area (Å²) in [5.74, 6) is 0.651. The molecule has 4 heteroatoms. The molecule has 0 radical (unpaired) electrons. The SMILES string of the molecule is C=Cc1ccc(OC)c(Cc2cccc(C(F)(F)F)c2)c1. The molecule has 0 saturated carbocycles. The zero-order valence-electron chi connectivity index (χ0n) is 11.6. The van der Waals surface area contributed by atoms with Crippen molar-refractivity contribution in [3.8, 4) is 5.75 Å². The van der Waals surface area contributed by atoms with Crippen molar-refractivity contribution in [2.45, 2.75) is 12.6 Å². The topological polar surface area (TPSA) is 9.23 Å². The Labute approximate surface area is 121 Å². The molecule has 0 aliphatic heterocycles. The monoisotopic (exact) mass is 292 g/mol. The van der Waals surface area contributed by atoms with Gasteiger partial charge in [0.05, 0.1) is 12.7 Å². The highest BCUT2D eigenvalue weighted by atomic mass is 19.4. The second-order valence-corrected chi connectivity index (χ2v) is 4.65. The molecule has 0 saturated heterocycles. The Bertz CT molecular complexity index is 645. The van der Waals surface area contributed by atoms with Crippen molar-refractivity contribution < 1.29 is 17.9 Å². The van der Waals surface area contributed by atoms with Gasteiger partial charge >= 0.3 is 6.18 Å². The van der Waals surface area contributed by atoms with Crippen molar-refractivity contribution in [1.29, 1.82) is 0 Å². The second kappa shape index (κ2) is 6.04. The Morgan fingerprint density at radius 3 is 2.52 bits per heavy atom. The van der Waals surface area contributed by atoms with E-state index in [1.165, 1.54) is 12.1 Å². The van der Waals surface area contributed by atoms with Gasteiger partial charge in [0.25, 0.3) is 0 Å². The van der Waals surface area contributed by atoms with Crippen molar-refractivity contribution in [2.24, 2.45) is 0 Å². The highest BCUT2D eigenvalue weighted by Crippen LogP contribution is 2.31. The molecule has 0 fully saturated rings. The molecule has 21 heavy (non-hydrogen) atoms. The lowest BCUT2D eigenvalue weighted by atomic mass is 10.00. The molecule has 0 aliphatic rings. The minimum absolute atomic E-state index is 0.370. The highest BCUT2D eigenvalue weighted by molar-refractivity contribution is 5.52. The van der Waals surface area contributed by atoms with E-state index in [-0.39, 0.29) is 0 Å². The summed E-state index contributed by atoms with van der Waals surface area (Å²) in [6.07, 6.45) is -2.27. The number of benzene rings is 2. The molecule has 2 aromatic carbocycles. The Balaban J connectivity index is 2.36. The molecule has 0 aliphatic carbocycles. The first-order valence-corrected chi connectivity index (χ1v) is 6.39. The average Bonchev–Trinajstić information content (AvgIpc) is 2.46. The van der Waals surface area contributed by atoms with E-state index in [2.05, 4.69) is 6.58 Å². The van der Waals surface area contributed by atoms with Crippen LogP contribution < -0.4 is 4.74 Å². The molecule has 1 nitrogen and oxygen atoms in total. The van der Waals surface area contributed by atoms with Gasteiger partial charge in [0.2, 0.25) is 0 Å². The van der Waals surface area contributed by atoms with Gasteiger partial charge in [-0.2, -0.15) is 13.2 Å². The molecular formula is C17H15F3O. The van der Waals surface area contributed by atoms with E-state index in [4.69, 9.17) is 4.74 Å². The first-order valence-electron chi connectivity index (χ1n) is 6.39. The number of hydrogen-bond acceptors (Lipinski definition) is 1. The molecule has 0 spiro atoms. The van der Waals surface area contributed by atoms with Crippen LogP contribution in [0.5, 0.6) is 5.75 Å². The summed E-state index contributed by atoms with van der Waals surface area (Å²) in [5.41, 5.74) is 1.68. The molecule has 0 bridgehead atoms. The maximum absolute atomic E-state index is 12.7. The van der Waals surface area contributed by atoms with Crippen LogP contribution >= 0.6 is 0 Å². The Kier molecular flexibility index (Phi) is 4.36. The van der Waals surface area contributed by atoms with Gasteiger partial charge in [-0.3, -0.25) is 0 Å². The zero-order chi connectivity index (χ0) is 15.5. The zero-order valence-corrected chi connectivity index (χ0v) is 11.6. The fraction of sp³-hybridized carbons (Fsp3) is 0.176. The van der Waals surface area contributed by atoms with Gasteiger partial charge in [-0.15, -0.1) is 0 Å². The molecule has 0 amide bonds. The van der Waals surface area contributed by atoms with Gasteiger partial charge in [-0.05, 0) is 34.9 Å². The van der Waals surface area contributed by atoms with Crippen LogP contribution in [-0.4, -0.2) is 7.11 Å². The summed E-state index contributed by atoms with van der Waals surface area (Å²) < 4.78 is 43.5. The summed E-state index contributed by atoms with van der Waals surface area (Å²) in [5, 5.41) is 0. The van der Waals surface area contributed by atoms with Crippen LogP contribution in [0.15, 0.2) is 49.0 Å². The molecule has 2 rings (SSSR count). The molecule has 110 valence electrons. The maximum Gasteiger partial charge on any atom is 0.416 e. The average molecular weight is 292 g/mol. The molecule has 0 N–H and O–H groups in total. The quantitative estimate of drug-likeness (QED) is 0.775. The summed E-state index contributed by atoms with van der Waals surface area (Å²) in [6.45, 7) is 3.69. The van der Waals surface area contributed by atoms with Crippen molar-refractivity contribution in [3.05, 3.63) is 71.3 Å². The largest absolute Gasteiger partial charge is 0.496 e. The molecular weight excluding hydrogens is 277 g/mol. The van der Waals surface area contributed by atoms with Crippen molar-refractivity contribution in [3.63, 3.8) is 0 Å². The molecule has 0 heterocycles. The lowest BCUT2D eigenvalue weighted by Crippen LogP contribution is -2.05. The van der Waals surface area contributed by atoms with Crippen molar-refractivity contribution in [1.82, 2.24) is 0 Å². The van der Waals surface area contributed by atoms with Gasteiger partial charge in [0.15, 0.2) is 0 Å². The number of halogens is 3. The van der Waals surface area contributed by atoms with Crippen LogP contribution in [0, 0.1) is 0 Å². The number of rotatable bonds is 4. The standard InChI is InChI=1S/C17H15F3O/c1-3-12-7-8-16(21-2)14(9-12)10-13-5-4-6-15(11-13)17(18,19)20/h3-9,11H,1,10H2,2H3. The van der Waals surface area contributed by atoms with E-state index < -0.39 is 11.7 Å². The molecule has 0 aromatic heterocycles. The van der Waals surface area contributed by atoms with Crippen LogP contribution in [0.25, 0.3) is 6.08 Å². The van der Waals surface area contributed by atoms with E-state index in [0.717, 1.165) is 17.2 Å². The lowest BCUT2D eigenvalue weighted by Gasteiger charge is -2.12. The van der Waals surface area contributed by atoms with Gasteiger partial charge in [-0.25, -0.2) is 0 Å². The highest BCUT2D eigenvalue weighted by Gasteiger charge is 2.30. The first kappa shape index (κ1) is 15.2.